The Balaban J connectivity index is 3.09. The van der Waals surface area contributed by atoms with Crippen molar-refractivity contribution in [3.05, 3.63) is 0 Å². The summed E-state index contributed by atoms with van der Waals surface area (Å²) in [6.45, 7) is 2.21. The average molecular weight is 400 g/mol. The molecule has 0 rings (SSSR count). The third kappa shape index (κ3) is 11.7. The molecule has 0 heterocycles. The van der Waals surface area contributed by atoms with Crippen molar-refractivity contribution in [3.8, 4) is 0 Å². The maximum Gasteiger partial charge on any atom is 0.198 e. The molecule has 0 aromatic heterocycles. The standard InChI is InChI=1S/C7H15I2OP/c1-2-3-4-5-6-7-11(8,9)10/h2-7H2,1H3. The van der Waals surface area contributed by atoms with E-state index in [4.69, 9.17) is 0 Å². The van der Waals surface area contributed by atoms with Crippen LogP contribution in [0.25, 0.3) is 0 Å². The molecular weight excluding hydrogens is 385 g/mol. The topological polar surface area (TPSA) is 17.1 Å². The molecule has 0 atom stereocenters. The van der Waals surface area contributed by atoms with Crippen molar-refractivity contribution in [1.82, 2.24) is 0 Å². The molecule has 0 saturated heterocycles. The van der Waals surface area contributed by atoms with E-state index in [1.165, 1.54) is 25.7 Å². The van der Waals surface area contributed by atoms with Gasteiger partial charge in [0.1, 0.15) is 0 Å². The molecule has 1 nitrogen and oxygen atoms in total. The summed E-state index contributed by atoms with van der Waals surface area (Å²) >= 11 is 4.16. The van der Waals surface area contributed by atoms with Crippen molar-refractivity contribution >= 4 is 46.5 Å². The van der Waals surface area contributed by atoms with Gasteiger partial charge in [-0.25, -0.2) is 0 Å². The van der Waals surface area contributed by atoms with Gasteiger partial charge in [0.2, 0.25) is 0 Å². The highest BCUT2D eigenvalue weighted by molar-refractivity contribution is 14.3. The van der Waals surface area contributed by atoms with Gasteiger partial charge in [-0.3, -0.25) is 0 Å². The van der Waals surface area contributed by atoms with Gasteiger partial charge in [0.05, 0.1) is 0 Å². The van der Waals surface area contributed by atoms with E-state index in [1.807, 2.05) is 0 Å². The van der Waals surface area contributed by atoms with E-state index in [1.54, 1.807) is 0 Å². The summed E-state index contributed by atoms with van der Waals surface area (Å²) in [5.41, 5.74) is 0. The van der Waals surface area contributed by atoms with Crippen LogP contribution >= 0.6 is 46.5 Å². The number of hydrogen-bond donors (Lipinski definition) is 0. The molecule has 0 saturated carbocycles. The van der Waals surface area contributed by atoms with Gasteiger partial charge in [-0.15, -0.1) is 0 Å². The first-order valence-corrected chi connectivity index (χ1v) is 11.5. The highest BCUT2D eigenvalue weighted by Gasteiger charge is 2.09. The van der Waals surface area contributed by atoms with Crippen LogP contribution in [-0.4, -0.2) is 6.16 Å². The van der Waals surface area contributed by atoms with Crippen LogP contribution in [0.1, 0.15) is 39.0 Å². The Morgan fingerprint density at radius 3 is 2.09 bits per heavy atom. The van der Waals surface area contributed by atoms with Gasteiger partial charge >= 0.3 is 0 Å². The van der Waals surface area contributed by atoms with E-state index in [0.29, 0.717) is 0 Å². The Labute approximate surface area is 95.4 Å². The van der Waals surface area contributed by atoms with E-state index in [0.717, 1.165) is 12.6 Å². The number of rotatable bonds is 6. The summed E-state index contributed by atoms with van der Waals surface area (Å²) in [5, 5.41) is 0. The molecule has 11 heavy (non-hydrogen) atoms. The minimum Gasteiger partial charge on any atom is -0.302 e. The lowest BCUT2D eigenvalue weighted by Gasteiger charge is -2.01. The van der Waals surface area contributed by atoms with Crippen molar-refractivity contribution in [2.75, 3.05) is 6.16 Å². The van der Waals surface area contributed by atoms with E-state index < -0.39 is 2.43 Å². The highest BCUT2D eigenvalue weighted by Crippen LogP contribution is 2.63. The molecule has 0 fully saturated rings. The molecule has 0 aliphatic carbocycles. The first-order chi connectivity index (χ1) is 5.06. The summed E-state index contributed by atoms with van der Waals surface area (Å²) in [6.07, 6.45) is 7.23. The zero-order valence-electron chi connectivity index (χ0n) is 6.85. The Morgan fingerprint density at radius 1 is 1.09 bits per heavy atom. The first-order valence-electron chi connectivity index (χ1n) is 4.04. The van der Waals surface area contributed by atoms with Crippen molar-refractivity contribution in [3.63, 3.8) is 0 Å². The summed E-state index contributed by atoms with van der Waals surface area (Å²) in [6, 6.07) is 0. The van der Waals surface area contributed by atoms with E-state index in [-0.39, 0.29) is 0 Å². The van der Waals surface area contributed by atoms with Crippen LogP contribution in [0.4, 0.5) is 0 Å². The maximum atomic E-state index is 11.2. The monoisotopic (exact) mass is 400 g/mol. The molecular formula is C7H15I2OP. The Bertz CT molecular complexity index is 132. The molecule has 0 N–H and O–H groups in total. The Morgan fingerprint density at radius 2 is 1.64 bits per heavy atom. The summed E-state index contributed by atoms with van der Waals surface area (Å²) in [5.74, 6) is 0. The molecule has 0 aliphatic rings. The van der Waals surface area contributed by atoms with Crippen LogP contribution in [0.2, 0.25) is 0 Å². The summed E-state index contributed by atoms with van der Waals surface area (Å²) in [7, 11) is 0. The molecule has 0 aliphatic heterocycles. The molecule has 4 heteroatoms. The van der Waals surface area contributed by atoms with Crippen LogP contribution in [0.5, 0.6) is 0 Å². The molecule has 0 unspecified atom stereocenters. The number of unbranched alkanes of at least 4 members (excludes halogenated alkanes) is 4. The third-order valence-corrected chi connectivity index (χ3v) is 5.25. The van der Waals surface area contributed by atoms with Crippen molar-refractivity contribution in [2.24, 2.45) is 0 Å². The van der Waals surface area contributed by atoms with Gasteiger partial charge in [-0.1, -0.05) is 32.6 Å². The lowest BCUT2D eigenvalue weighted by atomic mass is 10.2. The fourth-order valence-corrected chi connectivity index (χ4v) is 3.54. The van der Waals surface area contributed by atoms with Crippen LogP contribution in [0.15, 0.2) is 0 Å². The minimum atomic E-state index is -1.77. The largest absolute Gasteiger partial charge is 0.302 e. The first kappa shape index (κ1) is 12.7. The summed E-state index contributed by atoms with van der Waals surface area (Å²) in [4.78, 5) is 0. The second-order valence-corrected chi connectivity index (χ2v) is 19.2. The van der Waals surface area contributed by atoms with Gasteiger partial charge in [0.25, 0.3) is 0 Å². The smallest absolute Gasteiger partial charge is 0.198 e. The molecule has 0 amide bonds. The Hall–Kier alpha value is 1.69. The summed E-state index contributed by atoms with van der Waals surface area (Å²) < 4.78 is 9.45. The predicted octanol–water partition coefficient (Wildman–Crippen LogP) is 5.02. The Kier molecular flexibility index (Phi) is 8.22. The van der Waals surface area contributed by atoms with Crippen molar-refractivity contribution < 1.29 is 4.57 Å². The fraction of sp³-hybridized carbons (Fsp3) is 1.00. The van der Waals surface area contributed by atoms with Gasteiger partial charge in [0.15, 0.2) is 2.43 Å². The zero-order valence-corrected chi connectivity index (χ0v) is 12.1. The average Bonchev–Trinajstić information content (AvgIpc) is 1.85. The second-order valence-electron chi connectivity index (χ2n) is 2.71. The molecule has 68 valence electrons. The van der Waals surface area contributed by atoms with Gasteiger partial charge in [-0.2, -0.15) is 0 Å². The zero-order chi connectivity index (χ0) is 8.74. The van der Waals surface area contributed by atoms with Crippen molar-refractivity contribution in [2.45, 2.75) is 39.0 Å². The normalized spacial score (nSPS) is 11.9. The van der Waals surface area contributed by atoms with E-state index >= 15 is 0 Å². The fourth-order valence-electron chi connectivity index (χ4n) is 0.899. The van der Waals surface area contributed by atoms with Gasteiger partial charge in [-0.05, 0) is 6.42 Å². The molecule has 0 radical (unpaired) electrons. The van der Waals surface area contributed by atoms with Crippen LogP contribution in [0.3, 0.4) is 0 Å². The van der Waals surface area contributed by atoms with Crippen LogP contribution in [-0.2, 0) is 4.57 Å². The third-order valence-electron chi connectivity index (χ3n) is 1.52. The van der Waals surface area contributed by atoms with Crippen molar-refractivity contribution in [1.29, 1.82) is 0 Å². The predicted molar refractivity (Wildman–Crippen MR) is 69.3 cm³/mol. The quantitative estimate of drug-likeness (QED) is 0.348. The van der Waals surface area contributed by atoms with Crippen LogP contribution < -0.4 is 0 Å². The van der Waals surface area contributed by atoms with E-state index in [9.17, 15) is 4.57 Å². The van der Waals surface area contributed by atoms with Gasteiger partial charge < -0.3 is 4.57 Å². The lowest BCUT2D eigenvalue weighted by molar-refractivity contribution is 0.591. The lowest BCUT2D eigenvalue weighted by Crippen LogP contribution is -1.80. The number of hydrogen-bond acceptors (Lipinski definition) is 1. The minimum absolute atomic E-state index is 0.915. The maximum absolute atomic E-state index is 11.2. The van der Waals surface area contributed by atoms with E-state index in [2.05, 4.69) is 51.0 Å². The highest BCUT2D eigenvalue weighted by atomic mass is 127. The SMILES string of the molecule is CCCCCCCP(=O)(I)I. The second kappa shape index (κ2) is 7.13. The molecule has 0 bridgehead atoms. The molecule has 0 spiro atoms. The number of halogens is 2. The molecule has 0 aromatic rings. The van der Waals surface area contributed by atoms with Gasteiger partial charge in [0, 0.05) is 50.2 Å². The molecule has 0 aromatic carbocycles. The van der Waals surface area contributed by atoms with Crippen LogP contribution in [0, 0.1) is 0 Å².